The molecule has 0 unspecified atom stereocenters. The highest BCUT2D eigenvalue weighted by molar-refractivity contribution is 7.07. The Balaban J connectivity index is 1.92. The lowest BCUT2D eigenvalue weighted by molar-refractivity contribution is 0.256. The topological polar surface area (TPSA) is 53.5 Å². The summed E-state index contributed by atoms with van der Waals surface area (Å²) < 4.78 is 44.1. The summed E-state index contributed by atoms with van der Waals surface area (Å²) in [5.74, 6) is -3.53. The number of halogens is 3. The Morgan fingerprint density at radius 1 is 1.20 bits per heavy atom. The fourth-order valence-corrected chi connectivity index (χ4v) is 2.73. The van der Waals surface area contributed by atoms with Gasteiger partial charge < -0.3 is 14.2 Å². The maximum atomic E-state index is 14.4. The van der Waals surface area contributed by atoms with E-state index in [1.807, 2.05) is 16.8 Å². The summed E-state index contributed by atoms with van der Waals surface area (Å²) in [4.78, 5) is 7.56. The summed E-state index contributed by atoms with van der Waals surface area (Å²) in [6.07, 6.45) is 1.38. The molecule has 3 rings (SSSR count). The molecule has 0 spiro atoms. The first-order chi connectivity index (χ1) is 12.1. The van der Waals surface area contributed by atoms with Gasteiger partial charge in [0.2, 0.25) is 17.4 Å². The Labute approximate surface area is 150 Å². The molecule has 3 heterocycles. The predicted octanol–water partition coefficient (Wildman–Crippen LogP) is 4.85. The lowest BCUT2D eigenvalue weighted by atomic mass is 10.3. The van der Waals surface area contributed by atoms with Crippen LogP contribution < -0.4 is 14.2 Å². The third-order valence-corrected chi connectivity index (χ3v) is 3.99. The van der Waals surface area contributed by atoms with Gasteiger partial charge in [0.25, 0.3) is 11.8 Å². The van der Waals surface area contributed by atoms with E-state index in [-0.39, 0.29) is 17.5 Å². The predicted molar refractivity (Wildman–Crippen MR) is 88.7 cm³/mol. The van der Waals surface area contributed by atoms with Gasteiger partial charge in [0.15, 0.2) is 0 Å². The highest BCUT2D eigenvalue weighted by atomic mass is 35.5. The van der Waals surface area contributed by atoms with Gasteiger partial charge in [-0.1, -0.05) is 11.6 Å². The van der Waals surface area contributed by atoms with Crippen molar-refractivity contribution in [3.05, 3.63) is 57.5 Å². The Hall–Kier alpha value is -2.45. The maximum absolute atomic E-state index is 14.4. The molecule has 0 N–H and O–H groups in total. The van der Waals surface area contributed by atoms with Crippen LogP contribution in [-0.2, 0) is 6.61 Å². The van der Waals surface area contributed by atoms with Crippen molar-refractivity contribution >= 4 is 22.9 Å². The van der Waals surface area contributed by atoms with E-state index in [1.165, 1.54) is 29.7 Å². The van der Waals surface area contributed by atoms with E-state index in [0.717, 1.165) is 12.7 Å². The van der Waals surface area contributed by atoms with Crippen LogP contribution in [0.4, 0.5) is 8.78 Å². The first-order valence-electron chi connectivity index (χ1n) is 6.94. The van der Waals surface area contributed by atoms with Crippen molar-refractivity contribution in [3.8, 4) is 23.3 Å². The zero-order chi connectivity index (χ0) is 17.8. The minimum Gasteiger partial charge on any atom is -0.491 e. The zero-order valence-corrected chi connectivity index (χ0v) is 14.4. The molecule has 130 valence electrons. The summed E-state index contributed by atoms with van der Waals surface area (Å²) >= 11 is 7.23. The average Bonchev–Trinajstić information content (AvgIpc) is 3.10. The Morgan fingerprint density at radius 3 is 2.68 bits per heavy atom. The van der Waals surface area contributed by atoms with E-state index in [2.05, 4.69) is 9.97 Å². The molecule has 5 nitrogen and oxygen atoms in total. The van der Waals surface area contributed by atoms with Crippen molar-refractivity contribution in [1.29, 1.82) is 0 Å². The smallest absolute Gasteiger partial charge is 0.263 e. The Bertz CT molecular complexity index is 878. The van der Waals surface area contributed by atoms with Crippen LogP contribution in [0.15, 0.2) is 35.2 Å². The van der Waals surface area contributed by atoms with E-state index >= 15 is 0 Å². The molecule has 0 amide bonds. The van der Waals surface area contributed by atoms with Crippen molar-refractivity contribution in [2.45, 2.75) is 6.61 Å². The second kappa shape index (κ2) is 7.62. The normalized spacial score (nSPS) is 10.6. The van der Waals surface area contributed by atoms with Gasteiger partial charge in [-0.05, 0) is 22.9 Å². The van der Waals surface area contributed by atoms with E-state index in [4.69, 9.17) is 25.8 Å². The molecule has 25 heavy (non-hydrogen) atoms. The molecule has 0 saturated heterocycles. The average molecular weight is 385 g/mol. The fourth-order valence-electron chi connectivity index (χ4n) is 1.91. The second-order valence-corrected chi connectivity index (χ2v) is 5.89. The minimum absolute atomic E-state index is 0.0722. The molecule has 9 heteroatoms. The van der Waals surface area contributed by atoms with Crippen LogP contribution in [0.25, 0.3) is 0 Å². The van der Waals surface area contributed by atoms with Gasteiger partial charge in [-0.3, -0.25) is 0 Å². The van der Waals surface area contributed by atoms with Crippen LogP contribution in [0.2, 0.25) is 5.15 Å². The Kier molecular flexibility index (Phi) is 5.30. The molecular weight excluding hydrogens is 374 g/mol. The third kappa shape index (κ3) is 3.97. The van der Waals surface area contributed by atoms with E-state index in [1.54, 1.807) is 0 Å². The van der Waals surface area contributed by atoms with Gasteiger partial charge in [0, 0.05) is 17.8 Å². The van der Waals surface area contributed by atoms with Crippen LogP contribution in [0.5, 0.6) is 23.3 Å². The largest absolute Gasteiger partial charge is 0.491 e. The highest BCUT2D eigenvalue weighted by Gasteiger charge is 2.24. The number of thiophene rings is 1. The first kappa shape index (κ1) is 17.4. The highest BCUT2D eigenvalue weighted by Crippen LogP contribution is 2.36. The lowest BCUT2D eigenvalue weighted by Gasteiger charge is -2.13. The van der Waals surface area contributed by atoms with Crippen LogP contribution in [0.1, 0.15) is 5.56 Å². The number of methoxy groups -OCH3 is 1. The molecule has 0 bridgehead atoms. The number of pyridine rings is 2. The van der Waals surface area contributed by atoms with Gasteiger partial charge in [0.05, 0.1) is 7.11 Å². The summed E-state index contributed by atoms with van der Waals surface area (Å²) in [6, 6.07) is 4.64. The summed E-state index contributed by atoms with van der Waals surface area (Å²) in [6.45, 7) is 0.0722. The van der Waals surface area contributed by atoms with Crippen LogP contribution in [-0.4, -0.2) is 17.1 Å². The molecule has 0 aliphatic rings. The molecule has 0 aliphatic heterocycles. The monoisotopic (exact) mass is 384 g/mol. The summed E-state index contributed by atoms with van der Waals surface area (Å²) in [5, 5.41) is 3.85. The lowest BCUT2D eigenvalue weighted by Crippen LogP contribution is -2.05. The quantitative estimate of drug-likeness (QED) is 0.569. The molecule has 3 aromatic heterocycles. The van der Waals surface area contributed by atoms with Gasteiger partial charge in [-0.15, -0.1) is 0 Å². The minimum atomic E-state index is -1.09. The number of ether oxygens (including phenoxy) is 3. The number of nitrogens with zero attached hydrogens (tertiary/aromatic N) is 2. The van der Waals surface area contributed by atoms with Crippen LogP contribution >= 0.6 is 22.9 Å². The summed E-state index contributed by atoms with van der Waals surface area (Å²) in [5.41, 5.74) is 0.831. The van der Waals surface area contributed by atoms with E-state index in [0.29, 0.717) is 0 Å². The third-order valence-electron chi connectivity index (χ3n) is 3.05. The van der Waals surface area contributed by atoms with Crippen LogP contribution in [0.3, 0.4) is 0 Å². The van der Waals surface area contributed by atoms with Crippen molar-refractivity contribution in [1.82, 2.24) is 9.97 Å². The van der Waals surface area contributed by atoms with Crippen molar-refractivity contribution in [2.75, 3.05) is 7.11 Å². The van der Waals surface area contributed by atoms with Gasteiger partial charge in [-0.25, -0.2) is 4.98 Å². The number of hydrogen-bond acceptors (Lipinski definition) is 6. The molecule has 0 aromatic carbocycles. The van der Waals surface area contributed by atoms with Crippen molar-refractivity contribution < 1.29 is 23.0 Å². The zero-order valence-electron chi connectivity index (χ0n) is 12.8. The molecule has 0 atom stereocenters. The SMILES string of the molecule is COc1c(F)c(OCc2ccsc2)nc(Oc2ccnc(Cl)c2)c1F. The standard InChI is InChI=1S/C16H11ClF2N2O3S/c1-22-14-12(18)15(23-7-9-3-5-25-8-9)21-16(13(14)19)24-10-2-4-20-11(17)6-10/h2-6,8H,7H2,1H3. The molecule has 0 radical (unpaired) electrons. The van der Waals surface area contributed by atoms with Gasteiger partial charge in [0.1, 0.15) is 17.5 Å². The first-order valence-corrected chi connectivity index (χ1v) is 8.27. The summed E-state index contributed by atoms with van der Waals surface area (Å²) in [7, 11) is 1.14. The van der Waals surface area contributed by atoms with Gasteiger partial charge >= 0.3 is 0 Å². The maximum Gasteiger partial charge on any atom is 0.263 e. The molecule has 0 fully saturated rings. The van der Waals surface area contributed by atoms with Crippen LogP contribution in [0, 0.1) is 11.6 Å². The number of aromatic nitrogens is 2. The second-order valence-electron chi connectivity index (χ2n) is 4.72. The molecule has 3 aromatic rings. The Morgan fingerprint density at radius 2 is 2.00 bits per heavy atom. The molecule has 0 aliphatic carbocycles. The molecule has 0 saturated carbocycles. The fraction of sp³-hybridized carbons (Fsp3) is 0.125. The van der Waals surface area contributed by atoms with Crippen molar-refractivity contribution in [2.24, 2.45) is 0 Å². The van der Waals surface area contributed by atoms with E-state index in [9.17, 15) is 8.78 Å². The molecular formula is C16H11ClF2N2O3S. The number of rotatable bonds is 6. The van der Waals surface area contributed by atoms with Crippen molar-refractivity contribution in [3.63, 3.8) is 0 Å². The van der Waals surface area contributed by atoms with E-state index < -0.39 is 29.1 Å². The van der Waals surface area contributed by atoms with Gasteiger partial charge in [-0.2, -0.15) is 25.1 Å². The number of hydrogen-bond donors (Lipinski definition) is 0.